The molecule has 0 bridgehead atoms. The van der Waals surface area contributed by atoms with E-state index >= 15 is 0 Å². The maximum Gasteiger partial charge on any atom is 0.207 e. The highest BCUT2D eigenvalue weighted by Gasteiger charge is 2.37. The van der Waals surface area contributed by atoms with Crippen molar-refractivity contribution in [2.75, 3.05) is 10.1 Å². The van der Waals surface area contributed by atoms with Crippen LogP contribution >= 0.6 is 27.3 Å². The van der Waals surface area contributed by atoms with Gasteiger partial charge in [-0.3, -0.25) is 0 Å². The van der Waals surface area contributed by atoms with Gasteiger partial charge in [0.25, 0.3) is 0 Å². The molecule has 0 fully saturated rings. The van der Waals surface area contributed by atoms with Gasteiger partial charge < -0.3 is 0 Å². The highest BCUT2D eigenvalue weighted by atomic mass is 79.9. The molecule has 0 saturated heterocycles. The fourth-order valence-corrected chi connectivity index (χ4v) is 4.47. The smallest absolute Gasteiger partial charge is 0.207 e. The topological polar surface area (TPSA) is 31.7 Å². The summed E-state index contributed by atoms with van der Waals surface area (Å²) in [7, 11) is 0. The van der Waals surface area contributed by atoms with Crippen molar-refractivity contribution < 1.29 is 0 Å². The number of hydrazone groups is 1. The minimum atomic E-state index is -0.0833. The Bertz CT molecular complexity index is 888. The molecule has 1 unspecified atom stereocenters. The molecule has 4 nitrogen and oxygen atoms in total. The number of para-hydroxylation sites is 1. The average Bonchev–Trinajstić information content (AvgIpc) is 3.16. The molecule has 0 radical (unpaired) electrons. The van der Waals surface area contributed by atoms with Crippen LogP contribution in [-0.4, -0.2) is 15.6 Å². The Morgan fingerprint density at radius 3 is 2.20 bits per heavy atom. The summed E-state index contributed by atoms with van der Waals surface area (Å²) in [5.74, 6) is 0. The van der Waals surface area contributed by atoms with E-state index in [9.17, 15) is 0 Å². The molecule has 2 aromatic carbocycles. The fourth-order valence-electron chi connectivity index (χ4n) is 2.69. The van der Waals surface area contributed by atoms with E-state index in [1.165, 1.54) is 4.88 Å². The van der Waals surface area contributed by atoms with E-state index in [0.717, 1.165) is 27.8 Å². The van der Waals surface area contributed by atoms with Crippen molar-refractivity contribution in [3.63, 3.8) is 0 Å². The van der Waals surface area contributed by atoms with Gasteiger partial charge >= 0.3 is 0 Å². The number of benzene rings is 2. The summed E-state index contributed by atoms with van der Waals surface area (Å²) in [5.41, 5.74) is 4.12. The lowest BCUT2D eigenvalue weighted by Gasteiger charge is -2.28. The molecule has 25 heavy (non-hydrogen) atoms. The van der Waals surface area contributed by atoms with Crippen molar-refractivity contribution in [1.82, 2.24) is 4.98 Å². The number of hydrogen-bond donors (Lipinski definition) is 0. The molecule has 0 N–H and O–H groups in total. The van der Waals surface area contributed by atoms with Crippen molar-refractivity contribution in [2.24, 2.45) is 5.10 Å². The van der Waals surface area contributed by atoms with Crippen LogP contribution in [0.3, 0.4) is 0 Å². The minimum absolute atomic E-state index is 0.0833. The molecule has 1 atom stereocenters. The van der Waals surface area contributed by atoms with Gasteiger partial charge in [-0.25, -0.2) is 9.99 Å². The van der Waals surface area contributed by atoms with Gasteiger partial charge in [-0.05, 0) is 26.0 Å². The summed E-state index contributed by atoms with van der Waals surface area (Å²) in [6, 6.07) is 20.4. The lowest BCUT2D eigenvalue weighted by molar-refractivity contribution is 0.831. The third-order valence-corrected chi connectivity index (χ3v) is 6.00. The predicted octanol–water partition coefficient (Wildman–Crippen LogP) is 5.13. The Morgan fingerprint density at radius 1 is 0.960 bits per heavy atom. The normalized spacial score (nSPS) is 17.1. The van der Waals surface area contributed by atoms with Crippen molar-refractivity contribution in [1.29, 1.82) is 0 Å². The van der Waals surface area contributed by atoms with Gasteiger partial charge in [0.05, 0.1) is 11.4 Å². The van der Waals surface area contributed by atoms with Crippen LogP contribution < -0.4 is 10.1 Å². The largest absolute Gasteiger partial charge is 0.224 e. The first-order chi connectivity index (χ1) is 12.1. The van der Waals surface area contributed by atoms with Gasteiger partial charge in [0.15, 0.2) is 4.95 Å². The molecule has 0 spiro atoms. The number of rotatable bonds is 3. The standard InChI is InChI=1S/C19H17BrN4S/c1-13-14(2)25-19(21-13)23-18(20)17(15-9-5-3-6-10-15)22-24(23)16-11-7-4-8-12-16/h3-12,18H,1-2H3. The molecular weight excluding hydrogens is 396 g/mol. The quantitative estimate of drug-likeness (QED) is 0.441. The number of hydrogen-bond acceptors (Lipinski definition) is 5. The predicted molar refractivity (Wildman–Crippen MR) is 109 cm³/mol. The van der Waals surface area contributed by atoms with Crippen molar-refractivity contribution in [3.05, 3.63) is 76.8 Å². The molecule has 0 saturated carbocycles. The van der Waals surface area contributed by atoms with Crippen molar-refractivity contribution >= 4 is 43.8 Å². The van der Waals surface area contributed by atoms with Gasteiger partial charge in [-0.1, -0.05) is 64.5 Å². The van der Waals surface area contributed by atoms with Gasteiger partial charge in [0, 0.05) is 10.4 Å². The number of nitrogens with zero attached hydrogens (tertiary/aromatic N) is 4. The summed E-state index contributed by atoms with van der Waals surface area (Å²) < 4.78 is 0. The van der Waals surface area contributed by atoms with Gasteiger partial charge in [-0.15, -0.1) is 11.3 Å². The molecule has 2 heterocycles. The summed E-state index contributed by atoms with van der Waals surface area (Å²) in [6.07, 6.45) is 0. The van der Waals surface area contributed by atoms with E-state index in [1.807, 2.05) is 48.4 Å². The molecule has 4 rings (SSSR count). The second kappa shape index (κ2) is 6.61. The summed E-state index contributed by atoms with van der Waals surface area (Å²) in [6.45, 7) is 4.14. The minimum Gasteiger partial charge on any atom is -0.224 e. The maximum absolute atomic E-state index is 4.90. The number of thiazole rings is 1. The molecule has 0 amide bonds. The molecule has 6 heteroatoms. The van der Waals surface area contributed by atoms with Crippen LogP contribution in [0.15, 0.2) is 65.8 Å². The Kier molecular flexibility index (Phi) is 4.31. The fraction of sp³-hybridized carbons (Fsp3) is 0.158. The summed E-state index contributed by atoms with van der Waals surface area (Å²) >= 11 is 5.52. The van der Waals surface area contributed by atoms with Crippen molar-refractivity contribution in [2.45, 2.75) is 18.8 Å². The number of aryl methyl sites for hydroxylation is 2. The first-order valence-corrected chi connectivity index (χ1v) is 9.74. The molecule has 0 aliphatic carbocycles. The molecule has 1 aromatic heterocycles. The SMILES string of the molecule is Cc1nc(N2C(Br)C(c3ccccc3)=NN2c2ccccc2)sc1C. The first-order valence-electron chi connectivity index (χ1n) is 8.01. The van der Waals surface area contributed by atoms with Crippen LogP contribution in [-0.2, 0) is 0 Å². The maximum atomic E-state index is 4.90. The van der Waals surface area contributed by atoms with E-state index < -0.39 is 0 Å². The molecule has 3 aromatic rings. The van der Waals surface area contributed by atoms with E-state index in [4.69, 9.17) is 10.1 Å². The van der Waals surface area contributed by atoms with E-state index in [1.54, 1.807) is 11.3 Å². The number of alkyl halides is 1. The monoisotopic (exact) mass is 412 g/mol. The zero-order valence-electron chi connectivity index (χ0n) is 13.9. The van der Waals surface area contributed by atoms with Crippen LogP contribution in [0, 0.1) is 13.8 Å². The van der Waals surface area contributed by atoms with E-state index in [-0.39, 0.29) is 4.95 Å². The third-order valence-electron chi connectivity index (χ3n) is 4.12. The second-order valence-electron chi connectivity index (χ2n) is 5.79. The summed E-state index contributed by atoms with van der Waals surface area (Å²) in [4.78, 5) is 5.88. The van der Waals surface area contributed by atoms with E-state index in [0.29, 0.717) is 0 Å². The Morgan fingerprint density at radius 2 is 1.60 bits per heavy atom. The van der Waals surface area contributed by atoms with Crippen LogP contribution in [0.2, 0.25) is 0 Å². The van der Waals surface area contributed by atoms with Gasteiger partial charge in [0.2, 0.25) is 5.13 Å². The lowest BCUT2D eigenvalue weighted by atomic mass is 10.1. The third kappa shape index (κ3) is 2.96. The van der Waals surface area contributed by atoms with Crippen LogP contribution in [0.1, 0.15) is 16.1 Å². The molecule has 126 valence electrons. The highest BCUT2D eigenvalue weighted by Crippen LogP contribution is 2.37. The van der Waals surface area contributed by atoms with Crippen LogP contribution in [0.4, 0.5) is 10.8 Å². The molecule has 1 aliphatic heterocycles. The Hall–Kier alpha value is -2.18. The molecular formula is C19H17BrN4S. The van der Waals surface area contributed by atoms with Crippen molar-refractivity contribution in [3.8, 4) is 0 Å². The highest BCUT2D eigenvalue weighted by molar-refractivity contribution is 9.10. The van der Waals surface area contributed by atoms with E-state index in [2.05, 4.69) is 52.1 Å². The second-order valence-corrected chi connectivity index (χ2v) is 7.84. The Balaban J connectivity index is 1.82. The van der Waals surface area contributed by atoms with Gasteiger partial charge in [0.1, 0.15) is 5.71 Å². The number of anilines is 2. The zero-order valence-corrected chi connectivity index (χ0v) is 16.3. The molecule has 1 aliphatic rings. The Labute approximate surface area is 159 Å². The number of hydrazine groups is 1. The van der Waals surface area contributed by atoms with Gasteiger partial charge in [-0.2, -0.15) is 10.2 Å². The van der Waals surface area contributed by atoms with Crippen LogP contribution in [0.25, 0.3) is 0 Å². The average molecular weight is 413 g/mol. The first kappa shape index (κ1) is 16.3. The number of aromatic nitrogens is 1. The number of halogens is 1. The summed E-state index contributed by atoms with van der Waals surface area (Å²) in [5, 5.41) is 9.86. The lowest BCUT2D eigenvalue weighted by Crippen LogP contribution is -2.40. The van der Waals surface area contributed by atoms with Crippen LogP contribution in [0.5, 0.6) is 0 Å². The zero-order chi connectivity index (χ0) is 17.4.